The topological polar surface area (TPSA) is 66.5 Å². The van der Waals surface area contributed by atoms with E-state index in [0.29, 0.717) is 6.04 Å². The number of nitrogens with zero attached hydrogens (tertiary/aromatic N) is 3. The normalized spacial score (nSPS) is 27.2. The Morgan fingerprint density at radius 3 is 2.84 bits per heavy atom. The molecule has 1 aliphatic carbocycles. The van der Waals surface area contributed by atoms with Gasteiger partial charge < -0.3 is 10.3 Å². The van der Waals surface area contributed by atoms with Crippen LogP contribution in [0.4, 0.5) is 0 Å². The number of rotatable bonds is 1. The van der Waals surface area contributed by atoms with Crippen molar-refractivity contribution in [2.24, 2.45) is 5.41 Å². The van der Waals surface area contributed by atoms with Gasteiger partial charge >= 0.3 is 0 Å². The Morgan fingerprint density at radius 1 is 1.16 bits per heavy atom. The van der Waals surface area contributed by atoms with Crippen molar-refractivity contribution in [1.29, 1.82) is 0 Å². The first kappa shape index (κ1) is 15.0. The summed E-state index contributed by atoms with van der Waals surface area (Å²) in [7, 11) is 0. The number of aromatic amines is 1. The van der Waals surface area contributed by atoms with E-state index in [2.05, 4.69) is 53.2 Å². The maximum absolute atomic E-state index is 4.80. The van der Waals surface area contributed by atoms with Gasteiger partial charge in [-0.05, 0) is 48.1 Å². The summed E-state index contributed by atoms with van der Waals surface area (Å²) in [5.74, 6) is 0.788. The molecule has 0 unspecified atom stereocenters. The van der Waals surface area contributed by atoms with Crippen molar-refractivity contribution in [3.63, 3.8) is 0 Å². The summed E-state index contributed by atoms with van der Waals surface area (Å²) >= 11 is 0. The van der Waals surface area contributed by atoms with Gasteiger partial charge in [-0.15, -0.1) is 0 Å². The van der Waals surface area contributed by atoms with Crippen LogP contribution in [0.1, 0.15) is 38.3 Å². The Morgan fingerprint density at radius 2 is 2.04 bits per heavy atom. The molecule has 5 rings (SSSR count). The molecule has 2 aliphatic rings. The van der Waals surface area contributed by atoms with Crippen molar-refractivity contribution in [3.8, 4) is 11.5 Å². The van der Waals surface area contributed by atoms with Gasteiger partial charge in [0.1, 0.15) is 5.69 Å². The fourth-order valence-electron chi connectivity index (χ4n) is 4.81. The minimum absolute atomic E-state index is 0.177. The maximum atomic E-state index is 4.80. The lowest BCUT2D eigenvalue weighted by molar-refractivity contribution is 0.0561. The number of piperidine rings is 1. The predicted molar refractivity (Wildman–Crippen MR) is 98.4 cm³/mol. The molecule has 0 radical (unpaired) electrons. The highest BCUT2D eigenvalue weighted by Crippen LogP contribution is 2.54. The SMILES string of the molecule is CC1(C)[C@H]2Cc3cc4[nH]c(-c5cnccn5)nc4cc3[C@]1(C)CCN2. The lowest BCUT2D eigenvalue weighted by Gasteiger charge is -2.57. The van der Waals surface area contributed by atoms with Crippen molar-refractivity contribution >= 4 is 11.0 Å². The average molecular weight is 333 g/mol. The molecule has 2 bridgehead atoms. The zero-order valence-corrected chi connectivity index (χ0v) is 14.9. The van der Waals surface area contributed by atoms with Gasteiger partial charge in [0, 0.05) is 23.9 Å². The molecule has 2 N–H and O–H groups in total. The molecule has 1 saturated heterocycles. The second-order valence-corrected chi connectivity index (χ2v) is 8.22. The largest absolute Gasteiger partial charge is 0.337 e. The number of imidazole rings is 1. The van der Waals surface area contributed by atoms with Crippen LogP contribution in [0, 0.1) is 5.41 Å². The fraction of sp³-hybridized carbons (Fsp3) is 0.450. The molecule has 128 valence electrons. The second kappa shape index (κ2) is 4.88. The van der Waals surface area contributed by atoms with Crippen LogP contribution in [0.15, 0.2) is 30.7 Å². The van der Waals surface area contributed by atoms with E-state index in [-0.39, 0.29) is 10.8 Å². The van der Waals surface area contributed by atoms with E-state index in [1.54, 1.807) is 18.6 Å². The number of benzene rings is 1. The van der Waals surface area contributed by atoms with Gasteiger partial charge in [0.2, 0.25) is 0 Å². The molecule has 1 fully saturated rings. The summed E-state index contributed by atoms with van der Waals surface area (Å²) < 4.78 is 0. The maximum Gasteiger partial charge on any atom is 0.158 e. The third-order valence-electron chi connectivity index (χ3n) is 6.84. The van der Waals surface area contributed by atoms with Crippen molar-refractivity contribution < 1.29 is 0 Å². The smallest absolute Gasteiger partial charge is 0.158 e. The number of aromatic nitrogens is 4. The van der Waals surface area contributed by atoms with Gasteiger partial charge in [-0.1, -0.05) is 20.8 Å². The number of H-pyrrole nitrogens is 1. The van der Waals surface area contributed by atoms with Crippen LogP contribution in [0.25, 0.3) is 22.6 Å². The van der Waals surface area contributed by atoms with E-state index in [0.717, 1.165) is 41.9 Å². The molecule has 25 heavy (non-hydrogen) atoms. The summed E-state index contributed by atoms with van der Waals surface area (Å²) in [6, 6.07) is 5.13. The third-order valence-corrected chi connectivity index (χ3v) is 6.84. The molecular weight excluding hydrogens is 310 g/mol. The van der Waals surface area contributed by atoms with Crippen LogP contribution in [0.3, 0.4) is 0 Å². The molecule has 2 atom stereocenters. The van der Waals surface area contributed by atoms with Crippen LogP contribution >= 0.6 is 0 Å². The molecule has 3 aromatic rings. The van der Waals surface area contributed by atoms with Crippen LogP contribution in [-0.2, 0) is 11.8 Å². The van der Waals surface area contributed by atoms with Crippen molar-refractivity contribution in [3.05, 3.63) is 41.9 Å². The summed E-state index contributed by atoms with van der Waals surface area (Å²) in [4.78, 5) is 16.7. The summed E-state index contributed by atoms with van der Waals surface area (Å²) in [6.07, 6.45) is 7.37. The third kappa shape index (κ3) is 1.96. The molecule has 0 amide bonds. The van der Waals surface area contributed by atoms with Gasteiger partial charge in [0.15, 0.2) is 5.82 Å². The van der Waals surface area contributed by atoms with Crippen molar-refractivity contribution in [1.82, 2.24) is 25.3 Å². The van der Waals surface area contributed by atoms with E-state index in [1.165, 1.54) is 11.1 Å². The summed E-state index contributed by atoms with van der Waals surface area (Å²) in [5, 5.41) is 3.74. The van der Waals surface area contributed by atoms with Crippen molar-refractivity contribution in [2.75, 3.05) is 6.54 Å². The molecular formula is C20H23N5. The van der Waals surface area contributed by atoms with Gasteiger partial charge in [-0.25, -0.2) is 9.97 Å². The predicted octanol–water partition coefficient (Wildman–Crippen LogP) is 3.22. The summed E-state index contributed by atoms with van der Waals surface area (Å²) in [5.41, 5.74) is 6.21. The first-order chi connectivity index (χ1) is 12.0. The van der Waals surface area contributed by atoms with Gasteiger partial charge in [-0.3, -0.25) is 4.98 Å². The van der Waals surface area contributed by atoms with E-state index in [9.17, 15) is 0 Å². The molecule has 0 spiro atoms. The molecule has 5 heteroatoms. The quantitative estimate of drug-likeness (QED) is 0.717. The van der Waals surface area contributed by atoms with E-state index < -0.39 is 0 Å². The zero-order chi connectivity index (χ0) is 17.2. The standard InChI is InChI=1S/C20H23N5/c1-19(2)17-9-12-8-14-15(10-13(12)20(19,3)4-5-23-17)25-18(24-14)16-11-21-6-7-22-16/h6-8,10-11,17,23H,4-5,9H2,1-3H3,(H,24,25)/t17-,20+/m1/s1. The number of hydrogen-bond donors (Lipinski definition) is 2. The monoisotopic (exact) mass is 333 g/mol. The average Bonchev–Trinajstić information content (AvgIpc) is 3.01. The number of hydrogen-bond acceptors (Lipinski definition) is 4. The Hall–Kier alpha value is -2.27. The number of nitrogens with one attached hydrogen (secondary N) is 2. The fourth-order valence-corrected chi connectivity index (χ4v) is 4.81. The Kier molecular flexibility index (Phi) is 2.93. The summed E-state index contributed by atoms with van der Waals surface area (Å²) in [6.45, 7) is 8.34. The van der Waals surface area contributed by atoms with Crippen LogP contribution in [0.5, 0.6) is 0 Å². The van der Waals surface area contributed by atoms with Gasteiger partial charge in [0.25, 0.3) is 0 Å². The molecule has 1 aromatic carbocycles. The Bertz CT molecular complexity index is 959. The highest BCUT2D eigenvalue weighted by Gasteiger charge is 2.53. The lowest BCUT2D eigenvalue weighted by atomic mass is 9.51. The molecule has 0 saturated carbocycles. The first-order valence-electron chi connectivity index (χ1n) is 9.02. The zero-order valence-electron chi connectivity index (χ0n) is 14.9. The van der Waals surface area contributed by atoms with E-state index >= 15 is 0 Å². The van der Waals surface area contributed by atoms with Crippen molar-refractivity contribution in [2.45, 2.75) is 45.1 Å². The molecule has 1 aliphatic heterocycles. The second-order valence-electron chi connectivity index (χ2n) is 8.22. The van der Waals surface area contributed by atoms with Crippen LogP contribution in [0.2, 0.25) is 0 Å². The lowest BCUT2D eigenvalue weighted by Crippen LogP contribution is -2.62. The van der Waals surface area contributed by atoms with E-state index in [4.69, 9.17) is 4.98 Å². The first-order valence-corrected chi connectivity index (χ1v) is 9.02. The number of fused-ring (bicyclic) bond motifs is 5. The van der Waals surface area contributed by atoms with Gasteiger partial charge in [0.05, 0.1) is 17.2 Å². The van der Waals surface area contributed by atoms with Gasteiger partial charge in [-0.2, -0.15) is 0 Å². The molecule has 3 heterocycles. The Balaban J connectivity index is 1.70. The van der Waals surface area contributed by atoms with Crippen LogP contribution in [-0.4, -0.2) is 32.5 Å². The highest BCUT2D eigenvalue weighted by atomic mass is 15.0. The minimum Gasteiger partial charge on any atom is -0.337 e. The minimum atomic E-state index is 0.177. The molecule has 5 nitrogen and oxygen atoms in total. The van der Waals surface area contributed by atoms with E-state index in [1.807, 2.05) is 0 Å². The highest BCUT2D eigenvalue weighted by molar-refractivity contribution is 5.81. The van der Waals surface area contributed by atoms with Crippen LogP contribution < -0.4 is 5.32 Å². The Labute approximate surface area is 147 Å². The molecule has 2 aromatic heterocycles.